The van der Waals surface area contributed by atoms with E-state index in [2.05, 4.69) is 68.7 Å². The van der Waals surface area contributed by atoms with Gasteiger partial charge in [-0.25, -0.2) is 0 Å². The van der Waals surface area contributed by atoms with E-state index in [4.69, 9.17) is 18.1 Å². The van der Waals surface area contributed by atoms with Crippen LogP contribution in [0.1, 0.15) is 68.2 Å². The predicted octanol–water partition coefficient (Wildman–Crippen LogP) is 4.46. The molecule has 2 unspecified atom stereocenters. The molecule has 0 N–H and O–H groups in total. The summed E-state index contributed by atoms with van der Waals surface area (Å²) in [5.74, 6) is 1.16. The Labute approximate surface area is 189 Å². The summed E-state index contributed by atoms with van der Waals surface area (Å²) >= 11 is 0. The summed E-state index contributed by atoms with van der Waals surface area (Å²) in [5.41, 5.74) is 0.377. The Morgan fingerprint density at radius 1 is 0.800 bits per heavy atom. The molecule has 8 atom stereocenters. The van der Waals surface area contributed by atoms with Gasteiger partial charge in [0, 0.05) is 16.2 Å². The lowest BCUT2D eigenvalue weighted by atomic mass is 9.69. The van der Waals surface area contributed by atoms with Crippen molar-refractivity contribution in [2.24, 2.45) is 33.5 Å². The van der Waals surface area contributed by atoms with Gasteiger partial charge in [0.2, 0.25) is 0 Å². The molecule has 0 aromatic carbocycles. The van der Waals surface area contributed by atoms with Crippen molar-refractivity contribution in [1.82, 2.24) is 0 Å². The SMILES string of the molecule is [BH3-][P+]1(C)OC[C@@]2(C)C[C@@H](C)C(C)(C)[C@@H]2O[P+]([BH3-])(C)OC[C@@]2(C)C[C@@H](C)[C@H](O1)C2(C)C. The van der Waals surface area contributed by atoms with E-state index < -0.39 is 15.2 Å². The Bertz CT molecular complexity index is 672. The van der Waals surface area contributed by atoms with E-state index >= 15 is 0 Å². The predicted molar refractivity (Wildman–Crippen MR) is 139 cm³/mol. The summed E-state index contributed by atoms with van der Waals surface area (Å²) in [5, 5.41) is 0. The number of fused-ring (bicyclic) bond motifs is 3. The van der Waals surface area contributed by atoms with E-state index in [1.165, 1.54) is 0 Å². The van der Waals surface area contributed by atoms with Crippen molar-refractivity contribution < 1.29 is 18.1 Å². The van der Waals surface area contributed by atoms with Crippen LogP contribution in [-0.2, 0) is 18.1 Å². The van der Waals surface area contributed by atoms with Gasteiger partial charge in [-0.15, -0.1) is 0 Å². The molecule has 0 aromatic heterocycles. The van der Waals surface area contributed by atoms with Crippen molar-refractivity contribution in [3.63, 3.8) is 0 Å². The second-order valence-electron chi connectivity index (χ2n) is 11.5. The number of hydrogen-bond acceptors (Lipinski definition) is 4. The van der Waals surface area contributed by atoms with Crippen LogP contribution in [0.15, 0.2) is 0 Å². The van der Waals surface area contributed by atoms with E-state index in [0.29, 0.717) is 11.8 Å². The molecule has 1 aliphatic heterocycles. The molecule has 1 saturated heterocycles. The lowest BCUT2D eigenvalue weighted by Crippen LogP contribution is -2.42. The summed E-state index contributed by atoms with van der Waals surface area (Å²) in [7, 11) is -3.54. The van der Waals surface area contributed by atoms with Gasteiger partial charge >= 0.3 is 0 Å². The van der Waals surface area contributed by atoms with Gasteiger partial charge in [-0.2, -0.15) is 0 Å². The third-order valence-electron chi connectivity index (χ3n) is 8.56. The summed E-state index contributed by atoms with van der Waals surface area (Å²) in [6, 6.07) is 0. The van der Waals surface area contributed by atoms with Crippen molar-refractivity contribution in [3.8, 4) is 0 Å². The minimum Gasteiger partial charge on any atom is -0.256 e. The molecule has 176 valence electrons. The molecule has 4 nitrogen and oxygen atoms in total. The molecular weight excluding hydrogens is 412 g/mol. The van der Waals surface area contributed by atoms with Gasteiger partial charge in [0.1, 0.15) is 12.2 Å². The summed E-state index contributed by atoms with van der Waals surface area (Å²) in [6.07, 6.45) is 2.79. The lowest BCUT2D eigenvalue weighted by Gasteiger charge is -2.43. The normalized spacial score (nSPS) is 54.0. The van der Waals surface area contributed by atoms with Gasteiger partial charge in [-0.1, -0.05) is 55.4 Å². The average Bonchev–Trinajstić information content (AvgIpc) is 2.85. The molecule has 2 aliphatic carbocycles. The van der Waals surface area contributed by atoms with Crippen molar-refractivity contribution in [2.45, 2.75) is 80.4 Å². The Hall–Kier alpha value is 0.830. The molecule has 3 fully saturated rings. The van der Waals surface area contributed by atoms with Gasteiger partial charge in [-0.05, 0) is 30.1 Å². The highest BCUT2D eigenvalue weighted by Gasteiger charge is 2.61. The Morgan fingerprint density at radius 3 is 1.93 bits per heavy atom. The molecule has 2 bridgehead atoms. The first-order valence-electron chi connectivity index (χ1n) is 10.8. The van der Waals surface area contributed by atoms with Crippen molar-refractivity contribution in [1.29, 1.82) is 0 Å². The average molecular weight is 460 g/mol. The maximum absolute atomic E-state index is 7.09. The Kier molecular flexibility index (Phi) is 6.51. The molecule has 8 heteroatoms. The topological polar surface area (TPSA) is 36.9 Å². The van der Waals surface area contributed by atoms with Crippen LogP contribution in [0.25, 0.3) is 0 Å². The van der Waals surface area contributed by atoms with Gasteiger partial charge in [0.15, 0.2) is 15.1 Å². The molecule has 1 heterocycles. The Morgan fingerprint density at radius 2 is 1.33 bits per heavy atom. The zero-order valence-electron chi connectivity index (χ0n) is 19.7. The molecule has 0 radical (unpaired) electrons. The van der Waals surface area contributed by atoms with E-state index in [0.717, 1.165) is 26.1 Å². The van der Waals surface area contributed by atoms with Gasteiger partial charge in [0.05, 0.1) is 41.7 Å². The van der Waals surface area contributed by atoms with E-state index in [-0.39, 0.29) is 49.0 Å². The summed E-state index contributed by atoms with van der Waals surface area (Å²) in [6.45, 7) is 25.4. The first-order valence-corrected chi connectivity index (χ1v) is 14.0. The highest BCUT2D eigenvalue weighted by atomic mass is 31.2. The quantitative estimate of drug-likeness (QED) is 0.395. The number of rotatable bonds is 0. The van der Waals surface area contributed by atoms with Crippen LogP contribution in [0.3, 0.4) is 0 Å². The van der Waals surface area contributed by atoms with Crippen LogP contribution < -0.4 is 0 Å². The monoisotopic (exact) mass is 460 g/mol. The molecule has 0 amide bonds. The third kappa shape index (κ3) is 4.33. The van der Waals surface area contributed by atoms with Crippen LogP contribution in [0, 0.1) is 33.5 Å². The highest BCUT2D eigenvalue weighted by Crippen LogP contribution is 2.68. The second kappa shape index (κ2) is 7.68. The van der Waals surface area contributed by atoms with Crippen molar-refractivity contribution in [2.75, 3.05) is 26.5 Å². The van der Waals surface area contributed by atoms with Crippen molar-refractivity contribution >= 4 is 30.3 Å². The first kappa shape index (κ1) is 25.5. The van der Waals surface area contributed by atoms with Gasteiger partial charge in [-0.3, -0.25) is 18.1 Å². The first-order chi connectivity index (χ1) is 13.4. The minimum absolute atomic E-state index is 0.0406. The Balaban J connectivity index is 2.01. The van der Waals surface area contributed by atoms with Crippen LogP contribution in [0.5, 0.6) is 0 Å². The van der Waals surface area contributed by atoms with Gasteiger partial charge < -0.3 is 0 Å². The molecule has 30 heavy (non-hydrogen) atoms. The molecule has 0 spiro atoms. The zero-order valence-corrected chi connectivity index (χ0v) is 21.5. The number of hydrogen-bond donors (Lipinski definition) is 0. The fourth-order valence-electron chi connectivity index (χ4n) is 6.08. The van der Waals surface area contributed by atoms with E-state index in [1.807, 2.05) is 0 Å². The molecule has 0 aromatic rings. The fraction of sp³-hybridized carbons (Fsp3) is 1.00. The maximum Gasteiger partial charge on any atom is 0.191 e. The summed E-state index contributed by atoms with van der Waals surface area (Å²) in [4.78, 5) is 0. The molecule has 3 aliphatic rings. The van der Waals surface area contributed by atoms with Crippen LogP contribution in [0.4, 0.5) is 0 Å². The molecule has 3 rings (SSSR count). The van der Waals surface area contributed by atoms with Crippen LogP contribution in [0.2, 0.25) is 0 Å². The molecular formula is C22H48B2O4P2. The minimum atomic E-state index is -1.73. The van der Waals surface area contributed by atoms with Gasteiger partial charge in [0.25, 0.3) is 0 Å². The smallest absolute Gasteiger partial charge is 0.191 e. The van der Waals surface area contributed by atoms with Crippen molar-refractivity contribution in [3.05, 3.63) is 0 Å². The third-order valence-corrected chi connectivity index (χ3v) is 10.6. The maximum atomic E-state index is 7.09. The van der Waals surface area contributed by atoms with E-state index in [9.17, 15) is 0 Å². The largest absolute Gasteiger partial charge is 0.256 e. The standard InChI is InChI=1S/C22H48B2O4P2/c1-15-11-22(8)14-26-30(10,24)28-18-19(3,4)16(2)12-21(18,7)13-25-29(9,23)27-17(15)20(22,5)6/h15-18H,11-14H2,1-10,23-24H3/t15-,16-,17+,18+,21-,22-,29?,30?/m1/s1. The molecule has 2 saturated carbocycles. The lowest BCUT2D eigenvalue weighted by molar-refractivity contribution is -0.0155. The second-order valence-corrected chi connectivity index (χ2v) is 14.2. The zero-order chi connectivity index (χ0) is 23.0. The van der Waals surface area contributed by atoms with Crippen LogP contribution in [-0.4, -0.2) is 53.9 Å². The van der Waals surface area contributed by atoms with E-state index in [1.54, 1.807) is 0 Å². The highest BCUT2D eigenvalue weighted by molar-refractivity contribution is 7.89. The van der Waals surface area contributed by atoms with Crippen LogP contribution >= 0.6 is 15.2 Å². The summed E-state index contributed by atoms with van der Waals surface area (Å²) < 4.78 is 27.7. The fourth-order valence-corrected chi connectivity index (χ4v) is 8.76.